The summed E-state index contributed by atoms with van der Waals surface area (Å²) in [6, 6.07) is 7.06. The number of hydrogen-bond acceptors (Lipinski definition) is 4. The van der Waals surface area contributed by atoms with E-state index in [4.69, 9.17) is 20.8 Å². The molecule has 0 aliphatic rings. The third kappa shape index (κ3) is 4.11. The lowest BCUT2D eigenvalue weighted by Crippen LogP contribution is -2.33. The Morgan fingerprint density at radius 1 is 1.41 bits per heavy atom. The molecule has 5 nitrogen and oxygen atoms in total. The van der Waals surface area contributed by atoms with Crippen molar-refractivity contribution in [3.8, 4) is 5.75 Å². The maximum Gasteiger partial charge on any atom is 0.280 e. The fourth-order valence-electron chi connectivity index (χ4n) is 1.85. The molecule has 2 rings (SSSR count). The Balaban J connectivity index is 1.94. The van der Waals surface area contributed by atoms with E-state index in [0.29, 0.717) is 16.5 Å². The van der Waals surface area contributed by atoms with Crippen LogP contribution < -0.4 is 10.2 Å². The van der Waals surface area contributed by atoms with E-state index in [1.807, 2.05) is 13.8 Å². The first-order valence-electron chi connectivity index (χ1n) is 6.77. The summed E-state index contributed by atoms with van der Waals surface area (Å²) in [7, 11) is 0. The van der Waals surface area contributed by atoms with Gasteiger partial charge in [0, 0.05) is 5.02 Å². The van der Waals surface area contributed by atoms with E-state index in [9.17, 15) is 4.79 Å². The van der Waals surface area contributed by atoms with Crippen molar-refractivity contribution in [2.24, 2.45) is 5.10 Å². The maximum absolute atomic E-state index is 11.9. The highest BCUT2D eigenvalue weighted by Crippen LogP contribution is 2.26. The van der Waals surface area contributed by atoms with Crippen molar-refractivity contribution in [3.05, 3.63) is 52.4 Å². The standard InChI is InChI=1S/C16H17ClN2O3/c1-10-7-14(8-11(2)15(10)17)22-12(3)16(20)19-18-9-13-5-4-6-21-13/h4-9,12H,1-3H3,(H,19,20)/b18-9-/t12-/m0/s1. The third-order valence-electron chi connectivity index (χ3n) is 3.00. The van der Waals surface area contributed by atoms with Gasteiger partial charge in [0.2, 0.25) is 0 Å². The van der Waals surface area contributed by atoms with Crippen LogP contribution in [0.15, 0.2) is 40.0 Å². The van der Waals surface area contributed by atoms with Crippen molar-refractivity contribution in [1.82, 2.24) is 5.43 Å². The van der Waals surface area contributed by atoms with Gasteiger partial charge in [0.25, 0.3) is 5.91 Å². The van der Waals surface area contributed by atoms with Crippen LogP contribution in [0.3, 0.4) is 0 Å². The lowest BCUT2D eigenvalue weighted by atomic mass is 10.1. The molecule has 116 valence electrons. The molecule has 0 bridgehead atoms. The van der Waals surface area contributed by atoms with Gasteiger partial charge in [0.05, 0.1) is 12.5 Å². The van der Waals surface area contributed by atoms with E-state index in [1.165, 1.54) is 12.5 Å². The molecule has 0 unspecified atom stereocenters. The Kier molecular flexibility index (Phi) is 5.22. The second-order valence-corrected chi connectivity index (χ2v) is 5.26. The second-order valence-electron chi connectivity index (χ2n) is 4.88. The van der Waals surface area contributed by atoms with E-state index in [0.717, 1.165) is 11.1 Å². The van der Waals surface area contributed by atoms with Gasteiger partial charge in [-0.3, -0.25) is 4.79 Å². The molecule has 0 fully saturated rings. The number of rotatable bonds is 5. The smallest absolute Gasteiger partial charge is 0.280 e. The minimum Gasteiger partial charge on any atom is -0.481 e. The topological polar surface area (TPSA) is 63.8 Å². The van der Waals surface area contributed by atoms with Crippen LogP contribution in [0.5, 0.6) is 5.75 Å². The van der Waals surface area contributed by atoms with E-state index in [2.05, 4.69) is 10.5 Å². The normalized spacial score (nSPS) is 12.4. The number of benzene rings is 1. The van der Waals surface area contributed by atoms with Gasteiger partial charge in [-0.15, -0.1) is 0 Å². The molecule has 2 aromatic rings. The second kappa shape index (κ2) is 7.13. The minimum absolute atomic E-state index is 0.354. The number of carbonyl (C=O) groups is 1. The van der Waals surface area contributed by atoms with Crippen molar-refractivity contribution < 1.29 is 13.9 Å². The first-order chi connectivity index (χ1) is 10.5. The average molecular weight is 321 g/mol. The number of furan rings is 1. The van der Waals surface area contributed by atoms with Gasteiger partial charge in [-0.2, -0.15) is 5.10 Å². The zero-order valence-electron chi connectivity index (χ0n) is 12.6. The first kappa shape index (κ1) is 16.1. The summed E-state index contributed by atoms with van der Waals surface area (Å²) in [6.45, 7) is 5.43. The molecule has 0 spiro atoms. The molecule has 6 heteroatoms. The van der Waals surface area contributed by atoms with E-state index in [-0.39, 0.29) is 5.91 Å². The predicted octanol–water partition coefficient (Wildman–Crippen LogP) is 3.47. The van der Waals surface area contributed by atoms with E-state index < -0.39 is 6.10 Å². The highest BCUT2D eigenvalue weighted by Gasteiger charge is 2.15. The molecule has 1 heterocycles. The number of carbonyl (C=O) groups excluding carboxylic acids is 1. The summed E-state index contributed by atoms with van der Waals surface area (Å²) in [5.74, 6) is 0.794. The lowest BCUT2D eigenvalue weighted by Gasteiger charge is -2.14. The Hall–Kier alpha value is -2.27. The molecule has 0 saturated carbocycles. The highest BCUT2D eigenvalue weighted by atomic mass is 35.5. The number of hydrogen-bond donors (Lipinski definition) is 1. The minimum atomic E-state index is -0.686. The van der Waals surface area contributed by atoms with Crippen LogP contribution in [0.25, 0.3) is 0 Å². The van der Waals surface area contributed by atoms with Crippen LogP contribution in [0.2, 0.25) is 5.02 Å². The highest BCUT2D eigenvalue weighted by molar-refractivity contribution is 6.32. The largest absolute Gasteiger partial charge is 0.481 e. The Bertz CT molecular complexity index is 658. The molecule has 1 atom stereocenters. The van der Waals surface area contributed by atoms with Gasteiger partial charge in [0.1, 0.15) is 11.5 Å². The Morgan fingerprint density at radius 3 is 2.68 bits per heavy atom. The Labute approximate surface area is 133 Å². The molecule has 0 aliphatic carbocycles. The molecule has 22 heavy (non-hydrogen) atoms. The number of nitrogens with one attached hydrogen (secondary N) is 1. The van der Waals surface area contributed by atoms with Gasteiger partial charge in [-0.05, 0) is 56.2 Å². The molecule has 1 aromatic carbocycles. The van der Waals surface area contributed by atoms with Crippen LogP contribution in [0.4, 0.5) is 0 Å². The summed E-state index contributed by atoms with van der Waals surface area (Å²) in [6.07, 6.45) is 2.26. The molecule has 0 saturated heterocycles. The van der Waals surface area contributed by atoms with Crippen molar-refractivity contribution in [1.29, 1.82) is 0 Å². The number of amides is 1. The zero-order chi connectivity index (χ0) is 16.1. The van der Waals surface area contributed by atoms with Crippen LogP contribution in [-0.2, 0) is 4.79 Å². The van der Waals surface area contributed by atoms with Crippen molar-refractivity contribution >= 4 is 23.7 Å². The van der Waals surface area contributed by atoms with E-state index in [1.54, 1.807) is 31.2 Å². The quantitative estimate of drug-likeness (QED) is 0.677. The third-order valence-corrected chi connectivity index (χ3v) is 3.60. The zero-order valence-corrected chi connectivity index (χ0v) is 13.3. The molecule has 0 radical (unpaired) electrons. The summed E-state index contributed by atoms with van der Waals surface area (Å²) in [5, 5.41) is 4.51. The SMILES string of the molecule is Cc1cc(O[C@@H](C)C(=O)N/N=C\c2ccco2)cc(C)c1Cl. The van der Waals surface area contributed by atoms with Crippen molar-refractivity contribution in [2.75, 3.05) is 0 Å². The number of nitrogens with zero attached hydrogens (tertiary/aromatic N) is 1. The Morgan fingerprint density at radius 2 is 2.09 bits per heavy atom. The average Bonchev–Trinajstić information content (AvgIpc) is 2.97. The van der Waals surface area contributed by atoms with Gasteiger partial charge in [0.15, 0.2) is 6.10 Å². The van der Waals surface area contributed by atoms with Gasteiger partial charge < -0.3 is 9.15 Å². The lowest BCUT2D eigenvalue weighted by molar-refractivity contribution is -0.127. The fourth-order valence-corrected chi connectivity index (χ4v) is 1.96. The van der Waals surface area contributed by atoms with Crippen molar-refractivity contribution in [2.45, 2.75) is 26.9 Å². The van der Waals surface area contributed by atoms with Gasteiger partial charge in [-0.25, -0.2) is 5.43 Å². The number of ether oxygens (including phenoxy) is 1. The van der Waals surface area contributed by atoms with Crippen LogP contribution in [0.1, 0.15) is 23.8 Å². The summed E-state index contributed by atoms with van der Waals surface area (Å²) < 4.78 is 10.7. The number of halogens is 1. The summed E-state index contributed by atoms with van der Waals surface area (Å²) in [4.78, 5) is 11.9. The van der Waals surface area contributed by atoms with Gasteiger partial charge in [-0.1, -0.05) is 11.6 Å². The summed E-state index contributed by atoms with van der Waals surface area (Å²) in [5.41, 5.74) is 4.21. The molecule has 1 amide bonds. The van der Waals surface area contributed by atoms with E-state index >= 15 is 0 Å². The first-order valence-corrected chi connectivity index (χ1v) is 7.15. The molecular weight excluding hydrogens is 304 g/mol. The fraction of sp³-hybridized carbons (Fsp3) is 0.250. The van der Waals surface area contributed by atoms with Crippen LogP contribution >= 0.6 is 11.6 Å². The molecular formula is C16H17ClN2O3. The van der Waals surface area contributed by atoms with Gasteiger partial charge >= 0.3 is 0 Å². The predicted molar refractivity (Wildman–Crippen MR) is 85.5 cm³/mol. The maximum atomic E-state index is 11.9. The molecule has 1 aromatic heterocycles. The monoisotopic (exact) mass is 320 g/mol. The summed E-state index contributed by atoms with van der Waals surface area (Å²) >= 11 is 6.10. The van der Waals surface area contributed by atoms with Crippen LogP contribution in [-0.4, -0.2) is 18.2 Å². The molecule has 1 N–H and O–H groups in total. The number of hydrazone groups is 1. The van der Waals surface area contributed by atoms with Crippen molar-refractivity contribution in [3.63, 3.8) is 0 Å². The molecule has 0 aliphatic heterocycles. The number of aryl methyl sites for hydroxylation is 2. The van der Waals surface area contributed by atoms with Crippen LogP contribution in [0, 0.1) is 13.8 Å².